The Morgan fingerprint density at radius 2 is 2.08 bits per heavy atom. The summed E-state index contributed by atoms with van der Waals surface area (Å²) in [6, 6.07) is 6.11. The summed E-state index contributed by atoms with van der Waals surface area (Å²) in [6.45, 7) is 5.29. The van der Waals surface area contributed by atoms with E-state index in [-0.39, 0.29) is 17.9 Å². The molecule has 0 spiro atoms. The van der Waals surface area contributed by atoms with Crippen LogP contribution in [-0.2, 0) is 16.0 Å². The smallest absolute Gasteiger partial charge is 0.241 e. The zero-order chi connectivity index (χ0) is 17.1. The van der Waals surface area contributed by atoms with Gasteiger partial charge in [-0.05, 0) is 69.8 Å². The number of benzene rings is 1. The molecule has 1 fully saturated rings. The molecule has 1 unspecified atom stereocenters. The first-order chi connectivity index (χ1) is 11.5. The van der Waals surface area contributed by atoms with Gasteiger partial charge in [-0.2, -0.15) is 0 Å². The van der Waals surface area contributed by atoms with Crippen molar-refractivity contribution < 1.29 is 9.59 Å². The van der Waals surface area contributed by atoms with Crippen molar-refractivity contribution in [3.63, 3.8) is 0 Å². The number of piperidine rings is 1. The molecule has 24 heavy (non-hydrogen) atoms. The third-order valence-corrected chi connectivity index (χ3v) is 5.01. The Morgan fingerprint density at radius 1 is 1.25 bits per heavy atom. The average Bonchev–Trinajstić information content (AvgIpc) is 2.75. The van der Waals surface area contributed by atoms with Gasteiger partial charge < -0.3 is 10.6 Å². The molecule has 2 aliphatic rings. The minimum Gasteiger partial charge on any atom is -0.326 e. The van der Waals surface area contributed by atoms with Crippen molar-refractivity contribution in [1.82, 2.24) is 4.90 Å². The van der Waals surface area contributed by atoms with Crippen LogP contribution < -0.4 is 10.6 Å². The normalized spacial score (nSPS) is 21.8. The lowest BCUT2D eigenvalue weighted by Gasteiger charge is -2.37. The Hall–Kier alpha value is -1.88. The number of hydrogen-bond donors (Lipinski definition) is 2. The van der Waals surface area contributed by atoms with Crippen LogP contribution in [0.25, 0.3) is 0 Å². The van der Waals surface area contributed by atoms with Gasteiger partial charge in [-0.15, -0.1) is 0 Å². The molecule has 0 bridgehead atoms. The zero-order valence-corrected chi connectivity index (χ0v) is 14.6. The highest BCUT2D eigenvalue weighted by atomic mass is 16.2. The lowest BCUT2D eigenvalue weighted by Crippen LogP contribution is -2.50. The predicted octanol–water partition coefficient (Wildman–Crippen LogP) is 3.16. The van der Waals surface area contributed by atoms with Crippen molar-refractivity contribution in [3.05, 3.63) is 23.8 Å². The van der Waals surface area contributed by atoms with Crippen LogP contribution in [-0.4, -0.2) is 35.3 Å². The minimum atomic E-state index is -0.0442. The van der Waals surface area contributed by atoms with Gasteiger partial charge in [0.25, 0.3) is 0 Å². The quantitative estimate of drug-likeness (QED) is 0.895. The molecule has 2 aliphatic heterocycles. The first kappa shape index (κ1) is 17.0. The fourth-order valence-electron chi connectivity index (χ4n) is 3.73. The maximum Gasteiger partial charge on any atom is 0.241 e. The molecule has 1 atom stereocenters. The van der Waals surface area contributed by atoms with Crippen LogP contribution in [0.3, 0.4) is 0 Å². The van der Waals surface area contributed by atoms with Crippen LogP contribution in [0.4, 0.5) is 11.4 Å². The number of amides is 2. The fourth-order valence-corrected chi connectivity index (χ4v) is 3.73. The molecule has 3 rings (SSSR count). The summed E-state index contributed by atoms with van der Waals surface area (Å²) < 4.78 is 0. The lowest BCUT2D eigenvalue weighted by molar-refractivity contribution is -0.123. The average molecular weight is 329 g/mol. The summed E-state index contributed by atoms with van der Waals surface area (Å²) in [7, 11) is 0. The molecular weight excluding hydrogens is 302 g/mol. The molecule has 2 N–H and O–H groups in total. The van der Waals surface area contributed by atoms with Crippen molar-refractivity contribution in [1.29, 1.82) is 0 Å². The third kappa shape index (κ3) is 3.78. The molecule has 2 amide bonds. The Balaban J connectivity index is 1.72. The van der Waals surface area contributed by atoms with Gasteiger partial charge in [0.2, 0.25) is 11.8 Å². The van der Waals surface area contributed by atoms with E-state index in [9.17, 15) is 9.59 Å². The molecule has 2 heterocycles. The Morgan fingerprint density at radius 3 is 2.88 bits per heavy atom. The molecule has 0 aromatic heterocycles. The number of carbonyl (C=O) groups is 2. The number of aryl methyl sites for hydroxylation is 1. The van der Waals surface area contributed by atoms with E-state index in [2.05, 4.69) is 29.4 Å². The highest BCUT2D eigenvalue weighted by Gasteiger charge is 2.30. The van der Waals surface area contributed by atoms with Gasteiger partial charge in [-0.3, -0.25) is 14.5 Å². The molecular formula is C19H27N3O2. The second kappa shape index (κ2) is 7.34. The van der Waals surface area contributed by atoms with Crippen LogP contribution in [0.2, 0.25) is 0 Å². The van der Waals surface area contributed by atoms with Gasteiger partial charge in [-0.25, -0.2) is 0 Å². The molecule has 1 saturated heterocycles. The summed E-state index contributed by atoms with van der Waals surface area (Å²) in [5, 5.41) is 6.01. The van der Waals surface area contributed by atoms with Crippen molar-refractivity contribution in [2.45, 2.75) is 64.5 Å². The van der Waals surface area contributed by atoms with Gasteiger partial charge in [0.15, 0.2) is 0 Å². The Kier molecular flexibility index (Phi) is 5.19. The molecule has 0 saturated carbocycles. The monoisotopic (exact) mass is 329 g/mol. The molecule has 0 aliphatic carbocycles. The standard InChI is InChI=1S/C19H27N3O2/c1-13(2)22-11-4-3-7-17(22)19(24)20-15-9-10-16-14(12-15)6-5-8-18(23)21-16/h9-10,12-13,17H,3-8,11H2,1-2H3,(H,20,24)(H,21,23). The Labute approximate surface area is 143 Å². The predicted molar refractivity (Wildman–Crippen MR) is 96.1 cm³/mol. The lowest BCUT2D eigenvalue weighted by atomic mass is 9.99. The van der Waals surface area contributed by atoms with Gasteiger partial charge in [0, 0.05) is 23.8 Å². The van der Waals surface area contributed by atoms with Crippen LogP contribution in [0.1, 0.15) is 51.5 Å². The van der Waals surface area contributed by atoms with Crippen molar-refractivity contribution in [3.8, 4) is 0 Å². The van der Waals surface area contributed by atoms with Crippen LogP contribution in [0.15, 0.2) is 18.2 Å². The molecule has 130 valence electrons. The number of hydrogen-bond acceptors (Lipinski definition) is 3. The summed E-state index contributed by atoms with van der Waals surface area (Å²) in [5.41, 5.74) is 2.80. The van der Waals surface area contributed by atoms with Crippen molar-refractivity contribution in [2.75, 3.05) is 17.2 Å². The van der Waals surface area contributed by atoms with E-state index in [4.69, 9.17) is 0 Å². The van der Waals surface area contributed by atoms with E-state index in [1.165, 1.54) is 6.42 Å². The molecule has 5 heteroatoms. The number of nitrogens with zero attached hydrogens (tertiary/aromatic N) is 1. The summed E-state index contributed by atoms with van der Waals surface area (Å²) in [6.07, 6.45) is 5.46. The highest BCUT2D eigenvalue weighted by molar-refractivity contribution is 5.96. The number of rotatable bonds is 3. The molecule has 1 aromatic carbocycles. The zero-order valence-electron chi connectivity index (χ0n) is 14.6. The summed E-state index contributed by atoms with van der Waals surface area (Å²) in [4.78, 5) is 26.7. The second-order valence-electron chi connectivity index (χ2n) is 7.11. The number of anilines is 2. The van der Waals surface area contributed by atoms with Crippen LogP contribution in [0.5, 0.6) is 0 Å². The highest BCUT2D eigenvalue weighted by Crippen LogP contribution is 2.26. The van der Waals surface area contributed by atoms with E-state index >= 15 is 0 Å². The third-order valence-electron chi connectivity index (χ3n) is 5.01. The van der Waals surface area contributed by atoms with Gasteiger partial charge in [-0.1, -0.05) is 6.42 Å². The van der Waals surface area contributed by atoms with E-state index in [1.807, 2.05) is 18.2 Å². The first-order valence-corrected chi connectivity index (χ1v) is 9.04. The first-order valence-electron chi connectivity index (χ1n) is 9.04. The maximum atomic E-state index is 12.7. The van der Waals surface area contributed by atoms with E-state index < -0.39 is 0 Å². The maximum absolute atomic E-state index is 12.7. The number of likely N-dealkylation sites (tertiary alicyclic amines) is 1. The van der Waals surface area contributed by atoms with E-state index in [0.717, 1.165) is 49.2 Å². The fraction of sp³-hybridized carbons (Fsp3) is 0.579. The largest absolute Gasteiger partial charge is 0.326 e. The number of nitrogens with one attached hydrogen (secondary N) is 2. The molecule has 0 radical (unpaired) electrons. The van der Waals surface area contributed by atoms with Gasteiger partial charge >= 0.3 is 0 Å². The van der Waals surface area contributed by atoms with Crippen LogP contribution in [0, 0.1) is 0 Å². The summed E-state index contributed by atoms with van der Waals surface area (Å²) in [5.74, 6) is 0.154. The van der Waals surface area contributed by atoms with Crippen molar-refractivity contribution >= 4 is 23.2 Å². The number of fused-ring (bicyclic) bond motifs is 1. The topological polar surface area (TPSA) is 61.4 Å². The second-order valence-corrected chi connectivity index (χ2v) is 7.11. The van der Waals surface area contributed by atoms with Gasteiger partial charge in [0.1, 0.15) is 0 Å². The Bertz CT molecular complexity index is 627. The minimum absolute atomic E-state index is 0.0442. The molecule has 1 aromatic rings. The van der Waals surface area contributed by atoms with Crippen molar-refractivity contribution in [2.24, 2.45) is 0 Å². The summed E-state index contributed by atoms with van der Waals surface area (Å²) >= 11 is 0. The van der Waals surface area contributed by atoms with E-state index in [1.54, 1.807) is 0 Å². The SMILES string of the molecule is CC(C)N1CCCCC1C(=O)Nc1ccc2c(c1)CCCC(=O)N2. The van der Waals surface area contributed by atoms with Gasteiger partial charge in [0.05, 0.1) is 6.04 Å². The van der Waals surface area contributed by atoms with E-state index in [0.29, 0.717) is 12.5 Å². The molecule has 5 nitrogen and oxygen atoms in total. The number of carbonyl (C=O) groups excluding carboxylic acids is 2. The van der Waals surface area contributed by atoms with Crippen LogP contribution >= 0.6 is 0 Å².